The van der Waals surface area contributed by atoms with Crippen LogP contribution in [0.1, 0.15) is 0 Å². The number of fused-ring (bicyclic) bond motifs is 1. The van der Waals surface area contributed by atoms with Crippen LogP contribution >= 0.6 is 0 Å². The Morgan fingerprint density at radius 3 is 2.83 bits per heavy atom. The molecule has 96 valence electrons. The highest BCUT2D eigenvalue weighted by Gasteiger charge is 2.19. The summed E-state index contributed by atoms with van der Waals surface area (Å²) in [5, 5.41) is 1.35. The van der Waals surface area contributed by atoms with Gasteiger partial charge >= 0.3 is 0 Å². The van der Waals surface area contributed by atoms with Crippen molar-refractivity contribution in [2.75, 3.05) is 6.54 Å². The third kappa shape index (κ3) is 2.49. The molecule has 0 amide bonds. The summed E-state index contributed by atoms with van der Waals surface area (Å²) in [6.07, 6.45) is 2.36. The van der Waals surface area contributed by atoms with Crippen molar-refractivity contribution in [1.29, 1.82) is 0 Å². The molecule has 7 heteroatoms. The summed E-state index contributed by atoms with van der Waals surface area (Å²) in [5.74, 6) is 0. The minimum atomic E-state index is -3.68. The van der Waals surface area contributed by atoms with E-state index in [0.717, 1.165) is 5.39 Å². The number of nitrogens with two attached hydrogens (primary N) is 2. The standard InChI is InChI=1S/C11H14N4O2S/c12-6-11(13)15-18(16,17)10-3-1-2-8-7-14-5-4-9(8)10/h1-5,7,11,15H,6,12-13H2. The molecule has 2 rings (SSSR count). The SMILES string of the molecule is NCC(N)NS(=O)(=O)c1cccc2cnccc12. The number of nitrogens with one attached hydrogen (secondary N) is 1. The lowest BCUT2D eigenvalue weighted by Crippen LogP contribution is -2.46. The summed E-state index contributed by atoms with van der Waals surface area (Å²) in [5.41, 5.74) is 10.8. The predicted molar refractivity (Wildman–Crippen MR) is 69.1 cm³/mol. The Labute approximate surface area is 105 Å². The van der Waals surface area contributed by atoms with Crippen LogP contribution < -0.4 is 16.2 Å². The molecule has 5 N–H and O–H groups in total. The molecule has 1 heterocycles. The van der Waals surface area contributed by atoms with E-state index in [-0.39, 0.29) is 11.4 Å². The minimum Gasteiger partial charge on any atom is -0.328 e. The number of hydrogen-bond donors (Lipinski definition) is 3. The van der Waals surface area contributed by atoms with Crippen LogP contribution in [-0.2, 0) is 10.0 Å². The third-order valence-corrected chi connectivity index (χ3v) is 4.04. The van der Waals surface area contributed by atoms with Gasteiger partial charge < -0.3 is 11.5 Å². The van der Waals surface area contributed by atoms with Gasteiger partial charge in [-0.15, -0.1) is 0 Å². The monoisotopic (exact) mass is 266 g/mol. The Kier molecular flexibility index (Phi) is 3.58. The van der Waals surface area contributed by atoms with Gasteiger partial charge in [0.1, 0.15) is 0 Å². The van der Waals surface area contributed by atoms with Crippen LogP contribution in [0, 0.1) is 0 Å². The molecule has 0 aliphatic rings. The highest BCUT2D eigenvalue weighted by molar-refractivity contribution is 7.89. The molecule has 1 aromatic carbocycles. The fraction of sp³-hybridized carbons (Fsp3) is 0.182. The normalized spacial score (nSPS) is 13.7. The van der Waals surface area contributed by atoms with E-state index in [1.54, 1.807) is 30.6 Å². The largest absolute Gasteiger partial charge is 0.328 e. The second-order valence-electron chi connectivity index (χ2n) is 3.82. The van der Waals surface area contributed by atoms with Crippen LogP contribution in [0.3, 0.4) is 0 Å². The molecular formula is C11H14N4O2S. The molecule has 1 unspecified atom stereocenters. The number of rotatable bonds is 4. The summed E-state index contributed by atoms with van der Waals surface area (Å²) in [6.45, 7) is 0.0333. The molecule has 0 saturated heterocycles. The Morgan fingerprint density at radius 2 is 2.11 bits per heavy atom. The zero-order chi connectivity index (χ0) is 13.2. The van der Waals surface area contributed by atoms with Gasteiger partial charge in [0, 0.05) is 29.7 Å². The van der Waals surface area contributed by atoms with Crippen LogP contribution in [0.25, 0.3) is 10.8 Å². The van der Waals surface area contributed by atoms with Crippen LogP contribution in [0.5, 0.6) is 0 Å². The van der Waals surface area contributed by atoms with Gasteiger partial charge in [-0.3, -0.25) is 4.98 Å². The fourth-order valence-electron chi connectivity index (χ4n) is 1.64. The second kappa shape index (κ2) is 4.99. The molecule has 0 fully saturated rings. The first-order valence-corrected chi connectivity index (χ1v) is 6.83. The third-order valence-electron chi connectivity index (χ3n) is 2.49. The van der Waals surface area contributed by atoms with E-state index in [4.69, 9.17) is 11.5 Å². The molecule has 1 atom stereocenters. The van der Waals surface area contributed by atoms with E-state index >= 15 is 0 Å². The molecule has 2 aromatic rings. The Bertz CT molecular complexity index is 652. The van der Waals surface area contributed by atoms with Crippen LogP contribution in [-0.4, -0.2) is 26.1 Å². The Hall–Kier alpha value is -1.54. The minimum absolute atomic E-state index is 0.0333. The molecule has 0 aliphatic heterocycles. The van der Waals surface area contributed by atoms with Crippen molar-refractivity contribution < 1.29 is 8.42 Å². The fourth-order valence-corrected chi connectivity index (χ4v) is 2.99. The van der Waals surface area contributed by atoms with E-state index in [0.29, 0.717) is 5.39 Å². The molecule has 0 bridgehead atoms. The van der Waals surface area contributed by atoms with Gasteiger partial charge in [-0.1, -0.05) is 12.1 Å². The zero-order valence-electron chi connectivity index (χ0n) is 9.58. The molecule has 18 heavy (non-hydrogen) atoms. The number of hydrogen-bond acceptors (Lipinski definition) is 5. The van der Waals surface area contributed by atoms with E-state index < -0.39 is 16.2 Å². The van der Waals surface area contributed by atoms with Crippen LogP contribution in [0.15, 0.2) is 41.6 Å². The topological polar surface area (TPSA) is 111 Å². The van der Waals surface area contributed by atoms with Gasteiger partial charge in [-0.25, -0.2) is 8.42 Å². The predicted octanol–water partition coefficient (Wildman–Crippen LogP) is -0.243. The zero-order valence-corrected chi connectivity index (χ0v) is 10.4. The van der Waals surface area contributed by atoms with Crippen LogP contribution in [0.2, 0.25) is 0 Å². The lowest BCUT2D eigenvalue weighted by atomic mass is 10.2. The first kappa shape index (κ1) is 12.9. The molecular weight excluding hydrogens is 252 g/mol. The summed E-state index contributed by atoms with van der Waals surface area (Å²) in [6, 6.07) is 6.63. The van der Waals surface area contributed by atoms with Gasteiger partial charge in [0.25, 0.3) is 0 Å². The molecule has 0 radical (unpaired) electrons. The van der Waals surface area contributed by atoms with Crippen molar-refractivity contribution in [3.63, 3.8) is 0 Å². The highest BCUT2D eigenvalue weighted by atomic mass is 32.2. The van der Waals surface area contributed by atoms with Gasteiger partial charge in [-0.05, 0) is 12.1 Å². The maximum atomic E-state index is 12.1. The van der Waals surface area contributed by atoms with Crippen molar-refractivity contribution in [2.45, 2.75) is 11.1 Å². The van der Waals surface area contributed by atoms with E-state index in [1.165, 1.54) is 6.07 Å². The smallest absolute Gasteiger partial charge is 0.242 e. The van der Waals surface area contributed by atoms with Crippen molar-refractivity contribution >= 4 is 20.8 Å². The number of nitrogens with zero attached hydrogens (tertiary/aromatic N) is 1. The average Bonchev–Trinajstić information content (AvgIpc) is 2.37. The van der Waals surface area contributed by atoms with Gasteiger partial charge in [0.2, 0.25) is 10.0 Å². The average molecular weight is 266 g/mol. The summed E-state index contributed by atoms with van der Waals surface area (Å²) in [7, 11) is -3.68. The number of pyridine rings is 1. The summed E-state index contributed by atoms with van der Waals surface area (Å²) in [4.78, 5) is 4.13. The summed E-state index contributed by atoms with van der Waals surface area (Å²) >= 11 is 0. The van der Waals surface area contributed by atoms with Crippen molar-refractivity contribution in [1.82, 2.24) is 9.71 Å². The van der Waals surface area contributed by atoms with Crippen molar-refractivity contribution in [3.05, 3.63) is 36.7 Å². The maximum Gasteiger partial charge on any atom is 0.242 e. The van der Waals surface area contributed by atoms with Gasteiger partial charge in [0.15, 0.2) is 0 Å². The molecule has 6 nitrogen and oxygen atoms in total. The van der Waals surface area contributed by atoms with Crippen molar-refractivity contribution in [3.8, 4) is 0 Å². The quantitative estimate of drug-likeness (QED) is 0.661. The van der Waals surface area contributed by atoms with E-state index in [2.05, 4.69) is 9.71 Å². The first-order chi connectivity index (χ1) is 8.54. The first-order valence-electron chi connectivity index (χ1n) is 5.35. The van der Waals surface area contributed by atoms with Gasteiger partial charge in [-0.2, -0.15) is 4.72 Å². The second-order valence-corrected chi connectivity index (χ2v) is 5.50. The van der Waals surface area contributed by atoms with Crippen LogP contribution in [0.4, 0.5) is 0 Å². The highest BCUT2D eigenvalue weighted by Crippen LogP contribution is 2.21. The molecule has 0 saturated carbocycles. The van der Waals surface area contributed by atoms with E-state index in [1.807, 2.05) is 0 Å². The van der Waals surface area contributed by atoms with Crippen molar-refractivity contribution in [2.24, 2.45) is 11.5 Å². The number of benzene rings is 1. The van der Waals surface area contributed by atoms with E-state index in [9.17, 15) is 8.42 Å². The Morgan fingerprint density at radius 1 is 1.33 bits per heavy atom. The summed E-state index contributed by atoms with van der Waals surface area (Å²) < 4.78 is 26.6. The number of sulfonamides is 1. The maximum absolute atomic E-state index is 12.1. The lowest BCUT2D eigenvalue weighted by molar-refractivity contribution is 0.557. The lowest BCUT2D eigenvalue weighted by Gasteiger charge is -2.13. The molecule has 0 aliphatic carbocycles. The molecule has 0 spiro atoms. The number of aromatic nitrogens is 1. The molecule has 1 aromatic heterocycles. The Balaban J connectivity index is 2.54. The van der Waals surface area contributed by atoms with Gasteiger partial charge in [0.05, 0.1) is 11.1 Å².